The van der Waals surface area contributed by atoms with Gasteiger partial charge in [0.1, 0.15) is 23.0 Å². The lowest BCUT2D eigenvalue weighted by Gasteiger charge is -2.44. The molecule has 1 aliphatic carbocycles. The lowest BCUT2D eigenvalue weighted by Crippen LogP contribution is -2.58. The molecule has 2 saturated heterocycles. The maximum Gasteiger partial charge on any atom is 0.329 e. The second-order valence-corrected chi connectivity index (χ2v) is 15.4. The van der Waals surface area contributed by atoms with Crippen LogP contribution in [0.2, 0.25) is 0 Å². The van der Waals surface area contributed by atoms with Crippen molar-refractivity contribution in [3.8, 4) is 5.75 Å². The molecular weight excluding hydrogens is 766 g/mol. The molecule has 0 spiro atoms. The summed E-state index contributed by atoms with van der Waals surface area (Å²) in [5, 5.41) is 13.1. The molecule has 0 bridgehead atoms. The van der Waals surface area contributed by atoms with E-state index in [0.29, 0.717) is 54.7 Å². The molecule has 1 saturated carbocycles. The minimum Gasteiger partial charge on any atom is -0.494 e. The highest BCUT2D eigenvalue weighted by Crippen LogP contribution is 2.43. The molecule has 6 heterocycles. The van der Waals surface area contributed by atoms with Crippen molar-refractivity contribution in [1.29, 1.82) is 0 Å². The lowest BCUT2D eigenvalue weighted by molar-refractivity contribution is -0.135. The van der Waals surface area contributed by atoms with Gasteiger partial charge in [0, 0.05) is 45.1 Å². The third kappa shape index (κ3) is 6.96. The third-order valence-electron chi connectivity index (χ3n) is 11.8. The molecule has 308 valence electrons. The first-order chi connectivity index (χ1) is 27.7. The number of amides is 3. The number of hydrogen-bond donors (Lipinski definition) is 2. The molecule has 2 aliphatic heterocycles. The van der Waals surface area contributed by atoms with Crippen molar-refractivity contribution in [2.75, 3.05) is 44.0 Å². The first-order valence-corrected chi connectivity index (χ1v) is 19.2. The van der Waals surface area contributed by atoms with E-state index < -0.39 is 60.1 Å². The summed E-state index contributed by atoms with van der Waals surface area (Å²) < 4.78 is 71.8. The van der Waals surface area contributed by atoms with Crippen LogP contribution in [0.5, 0.6) is 5.75 Å². The van der Waals surface area contributed by atoms with E-state index in [9.17, 15) is 28.0 Å². The molecule has 4 aromatic heterocycles. The Morgan fingerprint density at radius 3 is 2.60 bits per heavy atom. The predicted octanol–water partition coefficient (Wildman–Crippen LogP) is 4.33. The number of imidazole rings is 1. The summed E-state index contributed by atoms with van der Waals surface area (Å²) in [6.45, 7) is 0.00921. The molecule has 2 unspecified atom stereocenters. The number of benzene rings is 1. The quantitative estimate of drug-likeness (QED) is 0.153. The second kappa shape index (κ2) is 15.2. The number of aromatic nitrogens is 7. The second-order valence-electron chi connectivity index (χ2n) is 15.4. The SMILES string of the molecule is COc1ccc2c(c1N1CCC(N(C)C[C@H]3CC[C@H](n4cc(NC(=O)c5cnn6cccnc56)c(C(F)F)n4)CC3)C(F)(F)C1)n(C)c(=O)n2C1CCC(=O)NC1=O. The Labute approximate surface area is 328 Å². The Kier molecular flexibility index (Phi) is 10.2. The van der Waals surface area contributed by atoms with Gasteiger partial charge in [-0.15, -0.1) is 0 Å². The topological polar surface area (TPSA) is 166 Å². The average molecular weight is 810 g/mol. The van der Waals surface area contributed by atoms with E-state index in [1.165, 1.54) is 56.0 Å². The Morgan fingerprint density at radius 1 is 1.12 bits per heavy atom. The van der Waals surface area contributed by atoms with Crippen LogP contribution >= 0.6 is 0 Å². The monoisotopic (exact) mass is 809 g/mol. The summed E-state index contributed by atoms with van der Waals surface area (Å²) in [6.07, 6.45) is 5.73. The largest absolute Gasteiger partial charge is 0.494 e. The fraction of sp³-hybridized carbons (Fsp3) is 0.500. The van der Waals surface area contributed by atoms with Crippen LogP contribution in [-0.4, -0.2) is 102 Å². The van der Waals surface area contributed by atoms with Crippen LogP contribution in [-0.2, 0) is 16.6 Å². The normalized spacial score (nSPS) is 22.6. The van der Waals surface area contributed by atoms with Crippen LogP contribution in [0.25, 0.3) is 16.7 Å². The first-order valence-electron chi connectivity index (χ1n) is 19.2. The third-order valence-corrected chi connectivity index (χ3v) is 11.8. The summed E-state index contributed by atoms with van der Waals surface area (Å²) >= 11 is 0. The van der Waals surface area contributed by atoms with Gasteiger partial charge in [0.15, 0.2) is 11.3 Å². The predicted molar refractivity (Wildman–Crippen MR) is 202 cm³/mol. The Morgan fingerprint density at radius 2 is 1.90 bits per heavy atom. The van der Waals surface area contributed by atoms with Crippen LogP contribution in [0.15, 0.2) is 47.8 Å². The van der Waals surface area contributed by atoms with E-state index in [2.05, 4.69) is 25.8 Å². The Bertz CT molecular complexity index is 2450. The standard InChI is InChI=1S/C38H43F4N11O5/c1-48(18-21-5-7-22(8-6-21)52-19-24(30(47-52)33(39)40)45-35(55)23-17-44-51-15-4-14-43-34(23)51)28-13-16-50(20-38(28,41)42)32-27(58-3)11-9-25-31(32)49(2)37(57)53(25)26-10-12-29(54)46-36(26)56/h4,9,11,14-15,17,19,21-22,26,28,33H,5-8,10,12-13,16,18,20H2,1-3H3,(H,45,55)(H,46,54,56)/t21-,22-,26?,28?. The van der Waals surface area contributed by atoms with Gasteiger partial charge in [-0.25, -0.2) is 31.9 Å². The van der Waals surface area contributed by atoms with Crippen molar-refractivity contribution in [2.24, 2.45) is 13.0 Å². The summed E-state index contributed by atoms with van der Waals surface area (Å²) in [5.74, 6) is -4.43. The molecule has 2 atom stereocenters. The minimum atomic E-state index is -3.16. The number of methoxy groups -OCH3 is 1. The van der Waals surface area contributed by atoms with E-state index in [4.69, 9.17) is 4.74 Å². The molecule has 20 heteroatoms. The summed E-state index contributed by atoms with van der Waals surface area (Å²) in [6, 6.07) is 2.65. The van der Waals surface area contributed by atoms with Gasteiger partial charge in [0.05, 0.1) is 48.7 Å². The van der Waals surface area contributed by atoms with Gasteiger partial charge in [-0.3, -0.25) is 38.4 Å². The number of aryl methyl sites for hydroxylation is 1. The van der Waals surface area contributed by atoms with Gasteiger partial charge in [-0.2, -0.15) is 10.2 Å². The smallest absolute Gasteiger partial charge is 0.329 e. The Hall–Kier alpha value is -5.79. The maximum absolute atomic E-state index is 16.3. The zero-order valence-corrected chi connectivity index (χ0v) is 32.1. The summed E-state index contributed by atoms with van der Waals surface area (Å²) in [7, 11) is 4.64. The molecule has 3 amide bonds. The number of piperidine rings is 2. The van der Waals surface area contributed by atoms with Crippen molar-refractivity contribution in [3.63, 3.8) is 0 Å². The van der Waals surface area contributed by atoms with E-state index in [1.807, 2.05) is 0 Å². The zero-order chi connectivity index (χ0) is 41.0. The maximum atomic E-state index is 16.3. The number of anilines is 2. The molecule has 2 N–H and O–H groups in total. The van der Waals surface area contributed by atoms with Crippen LogP contribution in [0.4, 0.5) is 28.9 Å². The molecule has 5 aromatic rings. The highest BCUT2D eigenvalue weighted by atomic mass is 19.3. The molecule has 1 aromatic carbocycles. The fourth-order valence-electron chi connectivity index (χ4n) is 8.95. The van der Waals surface area contributed by atoms with Crippen LogP contribution in [0.3, 0.4) is 0 Å². The van der Waals surface area contributed by atoms with E-state index >= 15 is 8.78 Å². The number of halogens is 4. The van der Waals surface area contributed by atoms with E-state index in [1.54, 1.807) is 36.3 Å². The van der Waals surface area contributed by atoms with Gasteiger partial charge < -0.3 is 15.0 Å². The van der Waals surface area contributed by atoms with Crippen molar-refractivity contribution in [3.05, 3.63) is 64.7 Å². The van der Waals surface area contributed by atoms with Crippen LogP contribution < -0.4 is 26.0 Å². The molecule has 16 nitrogen and oxygen atoms in total. The van der Waals surface area contributed by atoms with Crippen molar-refractivity contribution < 1.29 is 36.7 Å². The highest BCUT2D eigenvalue weighted by molar-refractivity contribution is 6.08. The van der Waals surface area contributed by atoms with Crippen molar-refractivity contribution in [1.82, 2.24) is 43.7 Å². The van der Waals surface area contributed by atoms with Crippen LogP contribution in [0, 0.1) is 5.92 Å². The number of rotatable bonds is 10. The zero-order valence-electron chi connectivity index (χ0n) is 32.1. The van der Waals surface area contributed by atoms with Gasteiger partial charge in [-0.1, -0.05) is 0 Å². The van der Waals surface area contributed by atoms with E-state index in [-0.39, 0.29) is 54.7 Å². The first kappa shape index (κ1) is 39.1. The number of alkyl halides is 4. The van der Waals surface area contributed by atoms with Gasteiger partial charge in [0.2, 0.25) is 11.8 Å². The number of hydrogen-bond acceptors (Lipinski definition) is 10. The average Bonchev–Trinajstić information content (AvgIpc) is 3.89. The number of imide groups is 1. The van der Waals surface area contributed by atoms with E-state index in [0.717, 1.165) is 0 Å². The molecule has 3 fully saturated rings. The number of carbonyl (C=O) groups is 3. The molecule has 0 radical (unpaired) electrons. The molecule has 8 rings (SSSR count). The Balaban J connectivity index is 0.925. The lowest BCUT2D eigenvalue weighted by atomic mass is 9.85. The molecule has 3 aliphatic rings. The minimum absolute atomic E-state index is 0.0653. The summed E-state index contributed by atoms with van der Waals surface area (Å²) in [5.41, 5.74) is 0.298. The number of carbonyl (C=O) groups excluding carboxylic acids is 3. The van der Waals surface area contributed by atoms with Gasteiger partial charge in [0.25, 0.3) is 18.3 Å². The molecular formula is C38H43F4N11O5. The number of nitrogens with one attached hydrogen (secondary N) is 2. The molecule has 58 heavy (non-hydrogen) atoms. The van der Waals surface area contributed by atoms with Crippen molar-refractivity contribution in [2.45, 2.75) is 75.4 Å². The van der Waals surface area contributed by atoms with Gasteiger partial charge in [-0.05, 0) is 69.7 Å². The number of ether oxygens (including phenoxy) is 1. The van der Waals surface area contributed by atoms with Gasteiger partial charge >= 0.3 is 5.69 Å². The van der Waals surface area contributed by atoms with Crippen molar-refractivity contribution >= 4 is 45.8 Å². The van der Waals surface area contributed by atoms with Crippen LogP contribution in [0.1, 0.15) is 79.5 Å². The summed E-state index contributed by atoms with van der Waals surface area (Å²) in [4.78, 5) is 58.6. The number of fused-ring (bicyclic) bond motifs is 2. The fourth-order valence-corrected chi connectivity index (χ4v) is 8.95. The number of nitrogens with zero attached hydrogens (tertiary/aromatic N) is 9. The highest BCUT2D eigenvalue weighted by Gasteiger charge is 2.48.